The van der Waals surface area contributed by atoms with E-state index in [1.54, 1.807) is 68.1 Å². The fourth-order valence-corrected chi connectivity index (χ4v) is 3.24. The lowest BCUT2D eigenvalue weighted by Gasteiger charge is -2.10. The van der Waals surface area contributed by atoms with Gasteiger partial charge in [0.15, 0.2) is 11.4 Å². The Labute approximate surface area is 189 Å². The third kappa shape index (κ3) is 4.77. The van der Waals surface area contributed by atoms with Crippen molar-refractivity contribution in [3.05, 3.63) is 77.8 Å². The number of carbonyl (C=O) groups is 2. The molecule has 0 saturated carbocycles. The molecule has 4 aromatic rings. The van der Waals surface area contributed by atoms with Gasteiger partial charge < -0.3 is 19.3 Å². The average Bonchev–Trinajstić information content (AvgIpc) is 3.46. The van der Waals surface area contributed by atoms with Crippen molar-refractivity contribution in [1.29, 1.82) is 0 Å². The van der Waals surface area contributed by atoms with E-state index in [9.17, 15) is 9.59 Å². The van der Waals surface area contributed by atoms with Gasteiger partial charge in [-0.05, 0) is 56.3 Å². The van der Waals surface area contributed by atoms with Crippen molar-refractivity contribution < 1.29 is 23.6 Å². The second-order valence-corrected chi connectivity index (χ2v) is 7.10. The van der Waals surface area contributed by atoms with Crippen molar-refractivity contribution in [3.63, 3.8) is 0 Å². The number of hydrogen-bond donors (Lipinski definition) is 1. The number of methoxy groups -OCH3 is 1. The van der Waals surface area contributed by atoms with Crippen LogP contribution < -0.4 is 10.1 Å². The zero-order chi connectivity index (χ0) is 23.4. The minimum atomic E-state index is -0.517. The summed E-state index contributed by atoms with van der Waals surface area (Å²) in [6.45, 7) is 3.69. The predicted molar refractivity (Wildman–Crippen MR) is 121 cm³/mol. The average molecular weight is 446 g/mol. The number of nitrogens with one attached hydrogen (secondary N) is 1. The van der Waals surface area contributed by atoms with Crippen LogP contribution in [0.25, 0.3) is 16.9 Å². The molecule has 9 nitrogen and oxygen atoms in total. The van der Waals surface area contributed by atoms with E-state index < -0.39 is 5.97 Å². The van der Waals surface area contributed by atoms with Crippen molar-refractivity contribution in [2.75, 3.05) is 19.0 Å². The number of carbonyl (C=O) groups excluding carboxylic acids is 2. The Balaban J connectivity index is 1.71. The molecule has 0 aliphatic carbocycles. The van der Waals surface area contributed by atoms with Gasteiger partial charge in [-0.1, -0.05) is 17.3 Å². The van der Waals surface area contributed by atoms with Gasteiger partial charge in [0.25, 0.3) is 5.91 Å². The first-order valence-electron chi connectivity index (χ1n) is 10.2. The summed E-state index contributed by atoms with van der Waals surface area (Å²) in [5, 5.41) is 11.0. The van der Waals surface area contributed by atoms with Crippen LogP contribution in [0.5, 0.6) is 5.75 Å². The number of esters is 1. The van der Waals surface area contributed by atoms with Crippen molar-refractivity contribution in [2.45, 2.75) is 13.8 Å². The van der Waals surface area contributed by atoms with Crippen molar-refractivity contribution in [3.8, 4) is 22.7 Å². The molecule has 2 heterocycles. The molecular formula is C24H22N4O5. The molecule has 0 saturated heterocycles. The van der Waals surface area contributed by atoms with Gasteiger partial charge in [0, 0.05) is 17.3 Å². The lowest BCUT2D eigenvalue weighted by Crippen LogP contribution is -2.12. The van der Waals surface area contributed by atoms with Crippen LogP contribution in [0.1, 0.15) is 33.7 Å². The molecule has 168 valence electrons. The fourth-order valence-electron chi connectivity index (χ4n) is 3.24. The number of anilines is 1. The highest BCUT2D eigenvalue weighted by atomic mass is 16.5. The van der Waals surface area contributed by atoms with Gasteiger partial charge in [0.05, 0.1) is 25.1 Å². The first kappa shape index (κ1) is 21.8. The molecule has 0 bridgehead atoms. The highest BCUT2D eigenvalue weighted by Gasteiger charge is 2.19. The minimum absolute atomic E-state index is 0.176. The van der Waals surface area contributed by atoms with Crippen LogP contribution in [-0.2, 0) is 4.74 Å². The summed E-state index contributed by atoms with van der Waals surface area (Å²) in [4.78, 5) is 24.8. The summed E-state index contributed by atoms with van der Waals surface area (Å²) >= 11 is 0. The predicted octanol–water partition coefficient (Wildman–Crippen LogP) is 4.27. The van der Waals surface area contributed by atoms with Gasteiger partial charge in [-0.25, -0.2) is 9.48 Å². The summed E-state index contributed by atoms with van der Waals surface area (Å²) in [5.41, 5.74) is 3.03. The first-order valence-corrected chi connectivity index (χ1v) is 10.2. The summed E-state index contributed by atoms with van der Waals surface area (Å²) in [7, 11) is 1.59. The largest absolute Gasteiger partial charge is 0.497 e. The lowest BCUT2D eigenvalue weighted by molar-refractivity contribution is 0.0519. The van der Waals surface area contributed by atoms with E-state index in [1.807, 2.05) is 18.2 Å². The zero-order valence-corrected chi connectivity index (χ0v) is 18.4. The summed E-state index contributed by atoms with van der Waals surface area (Å²) in [5.74, 6) is 0.339. The van der Waals surface area contributed by atoms with E-state index in [4.69, 9.17) is 14.0 Å². The van der Waals surface area contributed by atoms with Crippen LogP contribution in [0.15, 0.2) is 65.2 Å². The van der Waals surface area contributed by atoms with Gasteiger partial charge in [0.1, 0.15) is 11.5 Å². The van der Waals surface area contributed by atoms with E-state index in [1.165, 1.54) is 0 Å². The van der Waals surface area contributed by atoms with Crippen LogP contribution >= 0.6 is 0 Å². The maximum absolute atomic E-state index is 12.5. The molecule has 0 atom stereocenters. The number of hydrogen-bond acceptors (Lipinski definition) is 7. The number of rotatable bonds is 7. The van der Waals surface area contributed by atoms with Gasteiger partial charge >= 0.3 is 5.97 Å². The van der Waals surface area contributed by atoms with Crippen LogP contribution in [0.4, 0.5) is 5.69 Å². The molecular weight excluding hydrogens is 424 g/mol. The summed E-state index contributed by atoms with van der Waals surface area (Å²) < 4.78 is 17.0. The molecule has 33 heavy (non-hydrogen) atoms. The number of nitrogens with zero attached hydrogens (tertiary/aromatic N) is 3. The maximum atomic E-state index is 12.5. The number of amides is 1. The zero-order valence-electron chi connectivity index (χ0n) is 18.4. The Hall–Kier alpha value is -4.40. The third-order valence-electron chi connectivity index (χ3n) is 4.79. The standard InChI is InChI=1S/C24H22N4O5/c1-4-32-24(30)21-14-22(28(26-21)18-8-10-19(31-3)11-9-18)16-6-5-7-17(13-16)25-23(29)20-12-15(2)33-27-20/h5-14H,4H2,1-3H3,(H,25,29). The molecule has 1 amide bonds. The fraction of sp³-hybridized carbons (Fsp3) is 0.167. The quantitative estimate of drug-likeness (QED) is 0.422. The molecule has 0 unspecified atom stereocenters. The van der Waals surface area contributed by atoms with E-state index in [0.717, 1.165) is 11.3 Å². The SMILES string of the molecule is CCOC(=O)c1cc(-c2cccc(NC(=O)c3cc(C)on3)c2)n(-c2ccc(OC)cc2)n1. The number of ether oxygens (including phenoxy) is 2. The Kier molecular flexibility index (Phi) is 6.21. The second-order valence-electron chi connectivity index (χ2n) is 7.10. The van der Waals surface area contributed by atoms with Crippen molar-refractivity contribution >= 4 is 17.6 Å². The molecule has 0 aliphatic heterocycles. The topological polar surface area (TPSA) is 108 Å². The van der Waals surface area contributed by atoms with Gasteiger partial charge in [-0.3, -0.25) is 4.79 Å². The van der Waals surface area contributed by atoms with E-state index >= 15 is 0 Å². The van der Waals surface area contributed by atoms with E-state index in [0.29, 0.717) is 22.9 Å². The molecule has 1 N–H and O–H groups in total. The molecule has 4 rings (SSSR count). The lowest BCUT2D eigenvalue weighted by atomic mass is 10.1. The Morgan fingerprint density at radius 3 is 2.52 bits per heavy atom. The highest BCUT2D eigenvalue weighted by Crippen LogP contribution is 2.28. The summed E-state index contributed by atoms with van der Waals surface area (Å²) in [6, 6.07) is 17.7. The maximum Gasteiger partial charge on any atom is 0.358 e. The molecule has 0 aliphatic rings. The second kappa shape index (κ2) is 9.39. The number of benzene rings is 2. The Morgan fingerprint density at radius 1 is 1.06 bits per heavy atom. The molecule has 2 aromatic carbocycles. The van der Waals surface area contributed by atoms with Crippen molar-refractivity contribution in [2.24, 2.45) is 0 Å². The van der Waals surface area contributed by atoms with Gasteiger partial charge in [-0.15, -0.1) is 0 Å². The Bertz CT molecular complexity index is 1290. The van der Waals surface area contributed by atoms with Gasteiger partial charge in [-0.2, -0.15) is 5.10 Å². The molecule has 9 heteroatoms. The van der Waals surface area contributed by atoms with Crippen LogP contribution in [0, 0.1) is 6.92 Å². The molecule has 2 aromatic heterocycles. The van der Waals surface area contributed by atoms with Crippen LogP contribution in [-0.4, -0.2) is 40.5 Å². The molecule has 0 radical (unpaired) electrons. The van der Waals surface area contributed by atoms with Crippen LogP contribution in [0.3, 0.4) is 0 Å². The van der Waals surface area contributed by atoms with Crippen LogP contribution in [0.2, 0.25) is 0 Å². The smallest absolute Gasteiger partial charge is 0.358 e. The Morgan fingerprint density at radius 2 is 1.85 bits per heavy atom. The van der Waals surface area contributed by atoms with Gasteiger partial charge in [0.2, 0.25) is 0 Å². The molecule has 0 spiro atoms. The van der Waals surface area contributed by atoms with E-state index in [-0.39, 0.29) is 23.9 Å². The summed E-state index contributed by atoms with van der Waals surface area (Å²) in [6.07, 6.45) is 0. The van der Waals surface area contributed by atoms with E-state index in [2.05, 4.69) is 15.6 Å². The third-order valence-corrected chi connectivity index (χ3v) is 4.79. The normalized spacial score (nSPS) is 10.6. The monoisotopic (exact) mass is 446 g/mol. The van der Waals surface area contributed by atoms with Crippen molar-refractivity contribution in [1.82, 2.24) is 14.9 Å². The molecule has 0 fully saturated rings. The minimum Gasteiger partial charge on any atom is -0.497 e. The highest BCUT2D eigenvalue weighted by molar-refractivity contribution is 6.03. The number of aryl methyl sites for hydroxylation is 1. The first-order chi connectivity index (χ1) is 16.0. The number of aromatic nitrogens is 3.